The monoisotopic (exact) mass is 329 g/mol. The highest BCUT2D eigenvalue weighted by atomic mass is 35.5. The highest BCUT2D eigenvalue weighted by Gasteiger charge is 2.15. The number of hydrogen-bond donors (Lipinski definition) is 2. The van der Waals surface area contributed by atoms with Gasteiger partial charge >= 0.3 is 0 Å². The predicted molar refractivity (Wildman–Crippen MR) is 85.1 cm³/mol. The number of nitrogens with one attached hydrogen (secondary N) is 2. The van der Waals surface area contributed by atoms with Crippen LogP contribution in [-0.2, 0) is 0 Å². The lowest BCUT2D eigenvalue weighted by Crippen LogP contribution is -2.37. The first-order valence-electron chi connectivity index (χ1n) is 6.29. The number of hydrogen-bond acceptors (Lipinski definition) is 4. The number of carbonyl (C=O) groups is 1. The second kappa shape index (κ2) is 8.02. The Hall–Kier alpha value is -1.56. The Labute approximate surface area is 134 Å². The van der Waals surface area contributed by atoms with Crippen molar-refractivity contribution < 1.29 is 9.32 Å². The van der Waals surface area contributed by atoms with Gasteiger partial charge in [-0.05, 0) is 26.1 Å². The molecule has 0 bridgehead atoms. The smallest absolute Gasteiger partial charge is 0.273 e. The summed E-state index contributed by atoms with van der Waals surface area (Å²) in [5.41, 5.74) is 0.951. The SMILES string of the molecule is CNC(C)CNC(=O)c1cc(-c2ccccc2Cl)on1.Cl. The minimum atomic E-state index is -0.269. The molecule has 0 aliphatic heterocycles. The fourth-order valence-electron chi connectivity index (χ4n) is 1.61. The van der Waals surface area contributed by atoms with Gasteiger partial charge in [0, 0.05) is 24.2 Å². The van der Waals surface area contributed by atoms with Crippen molar-refractivity contribution in [3.8, 4) is 11.3 Å². The Bertz CT molecular complexity index is 601. The van der Waals surface area contributed by atoms with Crippen LogP contribution in [0.2, 0.25) is 5.02 Å². The molecule has 0 aliphatic carbocycles. The molecular formula is C14H17Cl2N3O2. The van der Waals surface area contributed by atoms with Crippen molar-refractivity contribution in [3.63, 3.8) is 0 Å². The Balaban J connectivity index is 0.00000220. The summed E-state index contributed by atoms with van der Waals surface area (Å²) in [6, 6.07) is 9.02. The molecule has 5 nitrogen and oxygen atoms in total. The molecule has 2 aromatic rings. The van der Waals surface area contributed by atoms with Crippen LogP contribution >= 0.6 is 24.0 Å². The maximum absolute atomic E-state index is 11.9. The molecule has 1 amide bonds. The van der Waals surface area contributed by atoms with Crippen LogP contribution in [0.3, 0.4) is 0 Å². The molecule has 1 atom stereocenters. The van der Waals surface area contributed by atoms with Gasteiger partial charge in [-0.1, -0.05) is 28.9 Å². The van der Waals surface area contributed by atoms with Gasteiger partial charge in [0.25, 0.3) is 5.91 Å². The fourth-order valence-corrected chi connectivity index (χ4v) is 1.84. The molecule has 0 radical (unpaired) electrons. The van der Waals surface area contributed by atoms with Crippen LogP contribution in [0.4, 0.5) is 0 Å². The number of benzene rings is 1. The van der Waals surface area contributed by atoms with E-state index in [1.807, 2.05) is 32.2 Å². The molecule has 0 saturated heterocycles. The maximum atomic E-state index is 11.9. The predicted octanol–water partition coefficient (Wildman–Crippen LogP) is 2.75. The van der Waals surface area contributed by atoms with Crippen molar-refractivity contribution in [2.45, 2.75) is 13.0 Å². The molecule has 1 aromatic carbocycles. The third-order valence-electron chi connectivity index (χ3n) is 2.94. The number of carbonyl (C=O) groups excluding carboxylic acids is 1. The van der Waals surface area contributed by atoms with Gasteiger partial charge in [-0.2, -0.15) is 0 Å². The Morgan fingerprint density at radius 1 is 1.43 bits per heavy atom. The topological polar surface area (TPSA) is 67.2 Å². The number of rotatable bonds is 5. The molecule has 1 heterocycles. The first kappa shape index (κ1) is 17.5. The van der Waals surface area contributed by atoms with E-state index in [2.05, 4.69) is 15.8 Å². The van der Waals surface area contributed by atoms with Crippen molar-refractivity contribution in [2.75, 3.05) is 13.6 Å². The molecule has 0 saturated carbocycles. The zero-order chi connectivity index (χ0) is 14.5. The number of likely N-dealkylation sites (N-methyl/N-ethyl adjacent to an activating group) is 1. The largest absolute Gasteiger partial charge is 0.355 e. The average molecular weight is 330 g/mol. The van der Waals surface area contributed by atoms with Crippen molar-refractivity contribution >= 4 is 29.9 Å². The van der Waals surface area contributed by atoms with Crippen molar-refractivity contribution in [2.24, 2.45) is 0 Å². The lowest BCUT2D eigenvalue weighted by Gasteiger charge is -2.09. The molecule has 114 valence electrons. The molecule has 1 aromatic heterocycles. The molecule has 21 heavy (non-hydrogen) atoms. The second-order valence-corrected chi connectivity index (χ2v) is 4.86. The van der Waals surface area contributed by atoms with E-state index in [1.165, 1.54) is 0 Å². The first-order chi connectivity index (χ1) is 9.61. The van der Waals surface area contributed by atoms with E-state index in [9.17, 15) is 4.79 Å². The van der Waals surface area contributed by atoms with E-state index in [0.29, 0.717) is 22.9 Å². The zero-order valence-corrected chi connectivity index (χ0v) is 13.3. The summed E-state index contributed by atoms with van der Waals surface area (Å²) < 4.78 is 5.17. The van der Waals surface area contributed by atoms with E-state index in [-0.39, 0.29) is 30.0 Å². The lowest BCUT2D eigenvalue weighted by atomic mass is 10.1. The highest BCUT2D eigenvalue weighted by Crippen LogP contribution is 2.27. The summed E-state index contributed by atoms with van der Waals surface area (Å²) in [5.74, 6) is 0.205. The van der Waals surface area contributed by atoms with Gasteiger partial charge in [-0.15, -0.1) is 12.4 Å². The average Bonchev–Trinajstić information content (AvgIpc) is 2.94. The van der Waals surface area contributed by atoms with Gasteiger partial charge in [-0.25, -0.2) is 0 Å². The molecule has 2 rings (SSSR count). The lowest BCUT2D eigenvalue weighted by molar-refractivity contribution is 0.0941. The quantitative estimate of drug-likeness (QED) is 0.885. The molecule has 0 aliphatic rings. The maximum Gasteiger partial charge on any atom is 0.273 e. The minimum absolute atomic E-state index is 0. The van der Waals surface area contributed by atoms with Crippen LogP contribution in [0.1, 0.15) is 17.4 Å². The Morgan fingerprint density at radius 3 is 2.81 bits per heavy atom. The van der Waals surface area contributed by atoms with E-state index >= 15 is 0 Å². The van der Waals surface area contributed by atoms with Gasteiger partial charge in [0.1, 0.15) is 0 Å². The van der Waals surface area contributed by atoms with Crippen molar-refractivity contribution in [1.82, 2.24) is 15.8 Å². The summed E-state index contributed by atoms with van der Waals surface area (Å²) >= 11 is 6.07. The summed E-state index contributed by atoms with van der Waals surface area (Å²) in [4.78, 5) is 11.9. The number of amides is 1. The van der Waals surface area contributed by atoms with Gasteiger partial charge in [0.05, 0.1) is 5.02 Å². The third-order valence-corrected chi connectivity index (χ3v) is 3.27. The number of aromatic nitrogens is 1. The van der Waals surface area contributed by atoms with Crippen molar-refractivity contribution in [3.05, 3.63) is 41.0 Å². The standard InChI is InChI=1S/C14H16ClN3O2.ClH/c1-9(16-2)8-17-14(19)12-7-13(20-18-12)10-5-3-4-6-11(10)15;/h3-7,9,16H,8H2,1-2H3,(H,17,19);1H. The summed E-state index contributed by atoms with van der Waals surface area (Å²) in [7, 11) is 1.84. The fraction of sp³-hybridized carbons (Fsp3) is 0.286. The molecule has 0 spiro atoms. The van der Waals surface area contributed by atoms with E-state index in [1.54, 1.807) is 12.1 Å². The molecule has 1 unspecified atom stereocenters. The summed E-state index contributed by atoms with van der Waals surface area (Å²) in [5, 5.41) is 10.1. The van der Waals surface area contributed by atoms with Crippen LogP contribution in [0.25, 0.3) is 11.3 Å². The van der Waals surface area contributed by atoms with Gasteiger partial charge in [-0.3, -0.25) is 4.79 Å². The molecule has 7 heteroatoms. The van der Waals surface area contributed by atoms with E-state index in [4.69, 9.17) is 16.1 Å². The van der Waals surface area contributed by atoms with E-state index in [0.717, 1.165) is 0 Å². The van der Waals surface area contributed by atoms with E-state index < -0.39 is 0 Å². The van der Waals surface area contributed by atoms with Crippen LogP contribution in [-0.4, -0.2) is 30.7 Å². The van der Waals surface area contributed by atoms with Crippen LogP contribution in [0.5, 0.6) is 0 Å². The highest BCUT2D eigenvalue weighted by molar-refractivity contribution is 6.33. The van der Waals surface area contributed by atoms with Crippen LogP contribution < -0.4 is 10.6 Å². The van der Waals surface area contributed by atoms with Crippen molar-refractivity contribution in [1.29, 1.82) is 0 Å². The molecule has 2 N–H and O–H groups in total. The minimum Gasteiger partial charge on any atom is -0.355 e. The summed E-state index contributed by atoms with van der Waals surface area (Å²) in [6.45, 7) is 2.49. The molecular weight excluding hydrogens is 313 g/mol. The number of halogens is 2. The van der Waals surface area contributed by atoms with Gasteiger partial charge < -0.3 is 15.2 Å². The normalized spacial score (nSPS) is 11.6. The molecule has 0 fully saturated rings. The zero-order valence-electron chi connectivity index (χ0n) is 11.7. The first-order valence-corrected chi connectivity index (χ1v) is 6.66. The number of nitrogens with zero attached hydrogens (tertiary/aromatic N) is 1. The van der Waals surface area contributed by atoms with Gasteiger partial charge in [0.2, 0.25) is 0 Å². The van der Waals surface area contributed by atoms with Crippen LogP contribution in [0.15, 0.2) is 34.9 Å². The van der Waals surface area contributed by atoms with Crippen LogP contribution in [0, 0.1) is 0 Å². The Kier molecular flexibility index (Phi) is 6.68. The third kappa shape index (κ3) is 4.46. The summed E-state index contributed by atoms with van der Waals surface area (Å²) in [6.07, 6.45) is 0. The Morgan fingerprint density at radius 2 is 2.14 bits per heavy atom. The van der Waals surface area contributed by atoms with Gasteiger partial charge in [0.15, 0.2) is 11.5 Å². The second-order valence-electron chi connectivity index (χ2n) is 4.46.